The van der Waals surface area contributed by atoms with Crippen LogP contribution in [0.15, 0.2) is 132 Å². The highest BCUT2D eigenvalue weighted by molar-refractivity contribution is 6.43. The summed E-state index contributed by atoms with van der Waals surface area (Å²) in [6, 6.07) is 29.1. The minimum atomic E-state index is -1.09. The maximum absolute atomic E-state index is 12.8. The number of anilines is 2. The average molecular weight is 685 g/mol. The number of Topliss-reactive ketones (excluding diaryl/α,β-unsaturated/α-hetero) is 1. The predicted octanol–water partition coefficient (Wildman–Crippen LogP) is 7.16. The van der Waals surface area contributed by atoms with Crippen LogP contribution in [0.5, 0.6) is 11.5 Å². The van der Waals surface area contributed by atoms with Crippen molar-refractivity contribution in [1.82, 2.24) is 9.97 Å². The summed E-state index contributed by atoms with van der Waals surface area (Å²) in [6.07, 6.45) is 5.69. The van der Waals surface area contributed by atoms with E-state index in [-0.39, 0.29) is 28.5 Å². The van der Waals surface area contributed by atoms with Gasteiger partial charge in [-0.3, -0.25) is 14.8 Å². The molecule has 0 saturated heterocycles. The molecule has 50 heavy (non-hydrogen) atoms. The number of carboxylic acid groups (broad SMARTS) is 1. The lowest BCUT2D eigenvalue weighted by Crippen LogP contribution is -2.43. The fourth-order valence-electron chi connectivity index (χ4n) is 6.99. The molecule has 4 N–H and O–H groups in total. The van der Waals surface area contributed by atoms with Gasteiger partial charge in [-0.15, -0.1) is 0 Å². The highest BCUT2D eigenvalue weighted by Crippen LogP contribution is 2.54. The van der Waals surface area contributed by atoms with Crippen molar-refractivity contribution in [3.8, 4) is 11.5 Å². The predicted molar refractivity (Wildman–Crippen MR) is 191 cm³/mol. The van der Waals surface area contributed by atoms with E-state index in [0.29, 0.717) is 52.4 Å². The largest absolute Gasteiger partial charge is 0.506 e. The Labute approximate surface area is 294 Å². The number of carboxylic acids is 1. The van der Waals surface area contributed by atoms with Crippen molar-refractivity contribution < 1.29 is 24.5 Å². The molecule has 9 nitrogen and oxygen atoms in total. The number of benzene rings is 3. The van der Waals surface area contributed by atoms with Crippen LogP contribution in [0.3, 0.4) is 0 Å². The molecular weight excluding hydrogens is 652 g/mol. The highest BCUT2D eigenvalue weighted by atomic mass is 35.5. The quantitative estimate of drug-likeness (QED) is 0.148. The monoisotopic (exact) mass is 684 g/mol. The van der Waals surface area contributed by atoms with Gasteiger partial charge in [0.25, 0.3) is 0 Å². The summed E-state index contributed by atoms with van der Waals surface area (Å²) < 4.78 is 6.53. The third-order valence-electron chi connectivity index (χ3n) is 9.26. The summed E-state index contributed by atoms with van der Waals surface area (Å²) in [5.74, 6) is -1.53. The molecule has 2 aromatic heterocycles. The Morgan fingerprint density at radius 3 is 2.22 bits per heavy atom. The first-order chi connectivity index (χ1) is 24.1. The number of aromatic nitrogens is 2. The molecule has 0 spiro atoms. The van der Waals surface area contributed by atoms with E-state index in [1.807, 2.05) is 72.6 Å². The zero-order valence-electron chi connectivity index (χ0n) is 27.1. The number of ketones is 1. The number of hydrogen-bond donors (Lipinski definition) is 3. The normalized spacial score (nSPS) is 15.5. The maximum atomic E-state index is 12.8. The standard InChI is InChI=1S/C40H33ClN4O5/c1-45(32-15-5-4-14-30(32)40(42,22-24-10-6-8-18-43-24)23-25-11-7-9-19-44-25)37-33(46)17-16-28-36(26-12-2-3-13-27(26)39(48)49)29-20-31(41)34(47)21-35(29)50-38(28)37/h2-20,36,46H,21-23,42H2,1H3,(H,48,49). The molecule has 0 saturated carbocycles. The SMILES string of the molecule is CN(c1ccccc1C(N)(Cc1ccccn1)Cc1ccccn1)c1c(O)ccc2c1OC1=C(C=C(Cl)C(=O)C1)C2c1ccccc1C(=O)O. The second-order valence-electron chi connectivity index (χ2n) is 12.5. The molecule has 0 bridgehead atoms. The molecule has 1 atom stereocenters. The van der Waals surface area contributed by atoms with Gasteiger partial charge < -0.3 is 25.6 Å². The second kappa shape index (κ2) is 13.3. The van der Waals surface area contributed by atoms with Crippen molar-refractivity contribution in [2.24, 2.45) is 5.73 Å². The minimum Gasteiger partial charge on any atom is -0.506 e. The molecular formula is C40H33ClN4O5. The number of carbonyl (C=O) groups is 2. The van der Waals surface area contributed by atoms with Gasteiger partial charge in [-0.1, -0.05) is 66.2 Å². The number of nitrogens with zero attached hydrogens (tertiary/aromatic N) is 3. The third kappa shape index (κ3) is 6.02. The van der Waals surface area contributed by atoms with Crippen molar-refractivity contribution in [2.45, 2.75) is 30.7 Å². The van der Waals surface area contributed by atoms with E-state index in [1.54, 1.807) is 54.9 Å². The lowest BCUT2D eigenvalue weighted by molar-refractivity contribution is -0.114. The summed E-state index contributed by atoms with van der Waals surface area (Å²) in [4.78, 5) is 36.3. The van der Waals surface area contributed by atoms with Crippen LogP contribution in [0.25, 0.3) is 0 Å². The van der Waals surface area contributed by atoms with Crippen LogP contribution in [-0.2, 0) is 23.2 Å². The van der Waals surface area contributed by atoms with Crippen LogP contribution < -0.4 is 15.4 Å². The Morgan fingerprint density at radius 1 is 0.920 bits per heavy atom. The number of nitrogens with two attached hydrogens (primary N) is 1. The fraction of sp³-hybridized carbons (Fsp3) is 0.150. The average Bonchev–Trinajstić information content (AvgIpc) is 3.12. The number of phenolic OH excluding ortho intramolecular Hbond substituents is 1. The van der Waals surface area contributed by atoms with Crippen LogP contribution in [0, 0.1) is 0 Å². The number of para-hydroxylation sites is 1. The molecule has 0 radical (unpaired) electrons. The highest BCUT2D eigenvalue weighted by Gasteiger charge is 2.39. The van der Waals surface area contributed by atoms with Gasteiger partial charge in [0.2, 0.25) is 0 Å². The summed E-state index contributed by atoms with van der Waals surface area (Å²) in [7, 11) is 1.81. The molecule has 2 aliphatic rings. The lowest BCUT2D eigenvalue weighted by atomic mass is 9.77. The lowest BCUT2D eigenvalue weighted by Gasteiger charge is -2.37. The van der Waals surface area contributed by atoms with Crippen molar-refractivity contribution >= 4 is 34.7 Å². The number of fused-ring (bicyclic) bond motifs is 1. The second-order valence-corrected chi connectivity index (χ2v) is 12.9. The molecule has 0 fully saturated rings. The van der Waals surface area contributed by atoms with Crippen LogP contribution >= 0.6 is 11.6 Å². The van der Waals surface area contributed by atoms with Crippen molar-refractivity contribution in [2.75, 3.05) is 11.9 Å². The molecule has 1 aliphatic carbocycles. The molecule has 0 amide bonds. The van der Waals surface area contributed by atoms with E-state index in [9.17, 15) is 19.8 Å². The number of phenols is 1. The van der Waals surface area contributed by atoms with E-state index in [0.717, 1.165) is 17.0 Å². The molecule has 10 heteroatoms. The Hall–Kier alpha value is -5.77. The Morgan fingerprint density at radius 2 is 1.56 bits per heavy atom. The summed E-state index contributed by atoms with van der Waals surface area (Å²) >= 11 is 6.37. The van der Waals surface area contributed by atoms with Crippen LogP contribution in [-0.4, -0.2) is 39.0 Å². The van der Waals surface area contributed by atoms with E-state index < -0.39 is 17.4 Å². The number of aromatic hydroxyl groups is 1. The van der Waals surface area contributed by atoms with Crippen molar-refractivity contribution in [3.63, 3.8) is 0 Å². The molecule has 3 heterocycles. The molecule has 250 valence electrons. The van der Waals surface area contributed by atoms with E-state index >= 15 is 0 Å². The Balaban J connectivity index is 1.40. The van der Waals surface area contributed by atoms with Crippen LogP contribution in [0.4, 0.5) is 11.4 Å². The third-order valence-corrected chi connectivity index (χ3v) is 9.58. The Bertz CT molecular complexity index is 2140. The maximum Gasteiger partial charge on any atom is 0.335 e. The molecule has 1 aliphatic heterocycles. The fourth-order valence-corrected chi connectivity index (χ4v) is 7.17. The van der Waals surface area contributed by atoms with Gasteiger partial charge in [0.15, 0.2) is 11.5 Å². The van der Waals surface area contributed by atoms with Gasteiger partial charge in [-0.2, -0.15) is 0 Å². The van der Waals surface area contributed by atoms with Gasteiger partial charge in [0.05, 0.1) is 22.6 Å². The van der Waals surface area contributed by atoms with Gasteiger partial charge in [-0.05, 0) is 59.7 Å². The zero-order chi connectivity index (χ0) is 35.0. The first-order valence-corrected chi connectivity index (χ1v) is 16.4. The number of pyridine rings is 2. The Kier molecular flexibility index (Phi) is 8.69. The van der Waals surface area contributed by atoms with E-state index in [4.69, 9.17) is 22.1 Å². The number of carbonyl (C=O) groups excluding carboxylic acids is 1. The number of allylic oxidation sites excluding steroid dienone is 4. The van der Waals surface area contributed by atoms with E-state index in [2.05, 4.69) is 9.97 Å². The number of rotatable bonds is 9. The number of halogens is 1. The summed E-state index contributed by atoms with van der Waals surface area (Å²) in [5.41, 5.74) is 11.6. The van der Waals surface area contributed by atoms with Gasteiger partial charge in [0.1, 0.15) is 17.2 Å². The summed E-state index contributed by atoms with van der Waals surface area (Å²) in [5, 5.41) is 21.8. The topological polar surface area (TPSA) is 139 Å². The summed E-state index contributed by atoms with van der Waals surface area (Å²) in [6.45, 7) is 0. The zero-order valence-corrected chi connectivity index (χ0v) is 27.8. The molecule has 5 aromatic rings. The van der Waals surface area contributed by atoms with Crippen molar-refractivity contribution in [1.29, 1.82) is 0 Å². The van der Waals surface area contributed by atoms with Gasteiger partial charge in [0, 0.05) is 66.4 Å². The van der Waals surface area contributed by atoms with E-state index in [1.165, 1.54) is 0 Å². The van der Waals surface area contributed by atoms with Crippen LogP contribution in [0.1, 0.15) is 50.8 Å². The minimum absolute atomic E-state index is 0.0405. The number of aromatic carboxylic acids is 1. The number of ether oxygens (including phenoxy) is 1. The van der Waals surface area contributed by atoms with Gasteiger partial charge >= 0.3 is 5.97 Å². The first-order valence-electron chi connectivity index (χ1n) is 16.1. The molecule has 3 aromatic carbocycles. The smallest absolute Gasteiger partial charge is 0.335 e. The van der Waals surface area contributed by atoms with Gasteiger partial charge in [-0.25, -0.2) is 4.79 Å². The number of hydrogen-bond acceptors (Lipinski definition) is 8. The van der Waals surface area contributed by atoms with Crippen molar-refractivity contribution in [3.05, 3.63) is 166 Å². The van der Waals surface area contributed by atoms with Crippen LogP contribution in [0.2, 0.25) is 0 Å². The molecule has 1 unspecified atom stereocenters. The molecule has 7 rings (SSSR count). The first kappa shape index (κ1) is 32.8.